The number of benzene rings is 1. The second kappa shape index (κ2) is 5.69. The van der Waals surface area contributed by atoms with Gasteiger partial charge in [0.05, 0.1) is 6.54 Å². The Morgan fingerprint density at radius 2 is 2.39 bits per heavy atom. The predicted molar refractivity (Wildman–Crippen MR) is 73.9 cm³/mol. The molecule has 3 N–H and O–H groups in total. The van der Waals surface area contributed by atoms with E-state index in [9.17, 15) is 4.79 Å². The van der Waals surface area contributed by atoms with Gasteiger partial charge in [0, 0.05) is 29.8 Å². The number of hydrogen-bond donors (Lipinski definition) is 2. The lowest BCUT2D eigenvalue weighted by molar-refractivity contribution is -0.117. The van der Waals surface area contributed by atoms with Crippen molar-refractivity contribution in [3.05, 3.63) is 28.8 Å². The van der Waals surface area contributed by atoms with Crippen LogP contribution in [0.4, 0.5) is 5.69 Å². The highest BCUT2D eigenvalue weighted by Crippen LogP contribution is 2.19. The summed E-state index contributed by atoms with van der Waals surface area (Å²) in [5.74, 6) is -0.00507. The van der Waals surface area contributed by atoms with Crippen molar-refractivity contribution in [3.8, 4) is 0 Å². The Hall–Kier alpha value is -1.10. The summed E-state index contributed by atoms with van der Waals surface area (Å²) in [5, 5.41) is 3.58. The van der Waals surface area contributed by atoms with E-state index in [-0.39, 0.29) is 11.9 Å². The average Bonchev–Trinajstić information content (AvgIpc) is 2.68. The van der Waals surface area contributed by atoms with Crippen molar-refractivity contribution in [2.24, 2.45) is 5.73 Å². The Kier molecular flexibility index (Phi) is 4.22. The molecule has 1 unspecified atom stereocenters. The van der Waals surface area contributed by atoms with Crippen LogP contribution in [0.15, 0.2) is 18.2 Å². The molecule has 1 saturated heterocycles. The third-order valence-corrected chi connectivity index (χ3v) is 3.37. The third-order valence-electron chi connectivity index (χ3n) is 3.14. The highest BCUT2D eigenvalue weighted by Gasteiger charge is 2.21. The maximum Gasteiger partial charge on any atom is 0.238 e. The number of carbonyl (C=O) groups is 1. The van der Waals surface area contributed by atoms with Crippen molar-refractivity contribution >= 4 is 23.2 Å². The molecular weight excluding hydrogens is 250 g/mol. The molecule has 4 nitrogen and oxygen atoms in total. The normalized spacial score (nSPS) is 20.1. The van der Waals surface area contributed by atoms with Gasteiger partial charge in [-0.3, -0.25) is 9.69 Å². The lowest BCUT2D eigenvalue weighted by atomic mass is 10.2. The zero-order valence-corrected chi connectivity index (χ0v) is 11.2. The minimum atomic E-state index is -0.00507. The fourth-order valence-electron chi connectivity index (χ4n) is 2.17. The van der Waals surface area contributed by atoms with Crippen LogP contribution < -0.4 is 11.1 Å². The number of hydrogen-bond acceptors (Lipinski definition) is 3. The van der Waals surface area contributed by atoms with E-state index in [4.69, 9.17) is 17.3 Å². The molecule has 1 aromatic rings. The molecule has 0 aromatic heterocycles. The molecule has 2 rings (SSSR count). The van der Waals surface area contributed by atoms with Crippen LogP contribution in [-0.2, 0) is 4.79 Å². The molecule has 1 amide bonds. The first-order chi connectivity index (χ1) is 8.54. The lowest BCUT2D eigenvalue weighted by Crippen LogP contribution is -2.33. The minimum absolute atomic E-state index is 0.00507. The molecule has 18 heavy (non-hydrogen) atoms. The van der Waals surface area contributed by atoms with E-state index in [1.54, 1.807) is 6.07 Å². The van der Waals surface area contributed by atoms with Gasteiger partial charge in [-0.05, 0) is 37.1 Å². The number of nitrogens with one attached hydrogen (secondary N) is 1. The number of nitrogens with zero attached hydrogens (tertiary/aromatic N) is 1. The van der Waals surface area contributed by atoms with Crippen molar-refractivity contribution in [2.45, 2.75) is 19.4 Å². The van der Waals surface area contributed by atoms with E-state index in [0.29, 0.717) is 11.6 Å². The van der Waals surface area contributed by atoms with Crippen LogP contribution in [0.25, 0.3) is 0 Å². The molecule has 0 bridgehead atoms. The Morgan fingerprint density at radius 3 is 3.00 bits per heavy atom. The van der Waals surface area contributed by atoms with Crippen LogP contribution in [0.3, 0.4) is 0 Å². The summed E-state index contributed by atoms with van der Waals surface area (Å²) in [4.78, 5) is 14.0. The van der Waals surface area contributed by atoms with Crippen molar-refractivity contribution in [3.63, 3.8) is 0 Å². The summed E-state index contributed by atoms with van der Waals surface area (Å²) in [7, 11) is 0. The molecule has 0 aliphatic carbocycles. The first kappa shape index (κ1) is 13.3. The number of carbonyl (C=O) groups excluding carboxylic acids is 1. The number of rotatable bonds is 3. The molecule has 1 heterocycles. The van der Waals surface area contributed by atoms with Gasteiger partial charge >= 0.3 is 0 Å². The zero-order valence-electron chi connectivity index (χ0n) is 10.4. The number of likely N-dealkylation sites (tertiary alicyclic amines) is 1. The number of aryl methyl sites for hydroxylation is 1. The average molecular weight is 268 g/mol. The van der Waals surface area contributed by atoms with E-state index >= 15 is 0 Å². The second-order valence-electron chi connectivity index (χ2n) is 4.79. The first-order valence-corrected chi connectivity index (χ1v) is 6.46. The first-order valence-electron chi connectivity index (χ1n) is 6.08. The molecule has 5 heteroatoms. The van der Waals surface area contributed by atoms with E-state index in [1.165, 1.54) is 0 Å². The van der Waals surface area contributed by atoms with Gasteiger partial charge in [-0.15, -0.1) is 0 Å². The van der Waals surface area contributed by atoms with Crippen LogP contribution in [0.2, 0.25) is 5.02 Å². The summed E-state index contributed by atoms with van der Waals surface area (Å²) in [6.45, 7) is 4.02. The highest BCUT2D eigenvalue weighted by molar-refractivity contribution is 6.30. The van der Waals surface area contributed by atoms with Gasteiger partial charge in [0.2, 0.25) is 5.91 Å². The highest BCUT2D eigenvalue weighted by atomic mass is 35.5. The maximum atomic E-state index is 11.9. The molecule has 1 aliphatic rings. The van der Waals surface area contributed by atoms with Crippen LogP contribution in [0.1, 0.15) is 12.0 Å². The van der Waals surface area contributed by atoms with Gasteiger partial charge in [0.25, 0.3) is 0 Å². The van der Waals surface area contributed by atoms with E-state index in [1.807, 2.05) is 19.1 Å². The molecular formula is C13H18ClN3O. The summed E-state index contributed by atoms with van der Waals surface area (Å²) >= 11 is 5.87. The van der Waals surface area contributed by atoms with Crippen LogP contribution in [0, 0.1) is 6.92 Å². The van der Waals surface area contributed by atoms with Crippen molar-refractivity contribution in [2.75, 3.05) is 25.0 Å². The topological polar surface area (TPSA) is 58.4 Å². The number of amides is 1. The van der Waals surface area contributed by atoms with Crippen molar-refractivity contribution in [1.29, 1.82) is 0 Å². The van der Waals surface area contributed by atoms with Crippen LogP contribution in [0.5, 0.6) is 0 Å². The second-order valence-corrected chi connectivity index (χ2v) is 5.23. The Labute approximate surface area is 112 Å². The molecule has 0 radical (unpaired) electrons. The molecule has 1 aliphatic heterocycles. The van der Waals surface area contributed by atoms with E-state index < -0.39 is 0 Å². The molecule has 1 fully saturated rings. The number of nitrogens with two attached hydrogens (primary N) is 1. The fourth-order valence-corrected chi connectivity index (χ4v) is 2.39. The smallest absolute Gasteiger partial charge is 0.238 e. The van der Waals surface area contributed by atoms with Gasteiger partial charge in [0.1, 0.15) is 0 Å². The molecule has 98 valence electrons. The molecule has 0 spiro atoms. The third kappa shape index (κ3) is 3.45. The predicted octanol–water partition coefficient (Wildman–Crippen LogP) is 1.62. The van der Waals surface area contributed by atoms with Crippen molar-refractivity contribution < 1.29 is 4.79 Å². The summed E-state index contributed by atoms with van der Waals surface area (Å²) in [6, 6.07) is 5.64. The standard InChI is InChI=1S/C13H18ClN3O/c1-9-6-10(14)2-3-12(9)16-13(18)8-17-5-4-11(15)7-17/h2-3,6,11H,4-5,7-8,15H2,1H3,(H,16,18). The van der Waals surface area contributed by atoms with Crippen LogP contribution >= 0.6 is 11.6 Å². The molecule has 1 atom stereocenters. The Bertz CT molecular complexity index is 450. The van der Waals surface area contributed by atoms with E-state index in [2.05, 4.69) is 10.2 Å². The summed E-state index contributed by atoms with van der Waals surface area (Å²) in [6.07, 6.45) is 0.966. The number of halogens is 1. The van der Waals surface area contributed by atoms with Gasteiger partial charge in [-0.2, -0.15) is 0 Å². The van der Waals surface area contributed by atoms with Gasteiger partial charge in [-0.25, -0.2) is 0 Å². The fraction of sp³-hybridized carbons (Fsp3) is 0.462. The zero-order chi connectivity index (χ0) is 13.1. The minimum Gasteiger partial charge on any atom is -0.326 e. The monoisotopic (exact) mass is 267 g/mol. The Morgan fingerprint density at radius 1 is 1.61 bits per heavy atom. The number of anilines is 1. The largest absolute Gasteiger partial charge is 0.326 e. The summed E-state index contributed by atoms with van der Waals surface area (Å²) in [5.41, 5.74) is 7.59. The van der Waals surface area contributed by atoms with E-state index in [0.717, 1.165) is 30.8 Å². The van der Waals surface area contributed by atoms with Crippen LogP contribution in [-0.4, -0.2) is 36.5 Å². The Balaban J connectivity index is 1.91. The van der Waals surface area contributed by atoms with Gasteiger partial charge in [-0.1, -0.05) is 11.6 Å². The molecule has 1 aromatic carbocycles. The van der Waals surface area contributed by atoms with Crippen molar-refractivity contribution in [1.82, 2.24) is 4.90 Å². The van der Waals surface area contributed by atoms with Gasteiger partial charge in [0.15, 0.2) is 0 Å². The lowest BCUT2D eigenvalue weighted by Gasteiger charge is -2.15. The SMILES string of the molecule is Cc1cc(Cl)ccc1NC(=O)CN1CCC(N)C1. The van der Waals surface area contributed by atoms with Gasteiger partial charge < -0.3 is 11.1 Å². The maximum absolute atomic E-state index is 11.9. The quantitative estimate of drug-likeness (QED) is 0.875. The summed E-state index contributed by atoms with van der Waals surface area (Å²) < 4.78 is 0. The molecule has 0 saturated carbocycles.